The molecule has 1 atom stereocenters. The van der Waals surface area contributed by atoms with E-state index in [2.05, 4.69) is 0 Å². The van der Waals surface area contributed by atoms with Gasteiger partial charge in [0.2, 0.25) is 0 Å². The van der Waals surface area contributed by atoms with Gasteiger partial charge in [0, 0.05) is 18.2 Å². The van der Waals surface area contributed by atoms with E-state index in [1.807, 2.05) is 32.9 Å². The maximum atomic E-state index is 13.4. The zero-order chi connectivity index (χ0) is 25.5. The first kappa shape index (κ1) is 24.8. The molecular formula is C25H23ClN3O5S-. The smallest absolute Gasteiger partial charge is 0.263 e. The number of amides is 2. The molecule has 35 heavy (non-hydrogen) atoms. The van der Waals surface area contributed by atoms with E-state index in [0.717, 1.165) is 14.8 Å². The molecule has 0 saturated carbocycles. The first-order valence-electron chi connectivity index (χ1n) is 10.9. The molecule has 2 aromatic carbocycles. The van der Waals surface area contributed by atoms with E-state index in [1.165, 1.54) is 24.5 Å². The minimum atomic E-state index is -2.78. The van der Waals surface area contributed by atoms with E-state index in [9.17, 15) is 23.6 Å². The van der Waals surface area contributed by atoms with Crippen molar-refractivity contribution in [2.45, 2.75) is 32.6 Å². The molecule has 1 aromatic heterocycles. The number of anilines is 2. The van der Waals surface area contributed by atoms with Gasteiger partial charge in [0.05, 0.1) is 38.8 Å². The monoisotopic (exact) mass is 512 g/mol. The Kier molecular flexibility index (Phi) is 6.68. The highest BCUT2D eigenvalue weighted by Gasteiger charge is 2.40. The number of fused-ring (bicyclic) bond motifs is 1. The van der Waals surface area contributed by atoms with Gasteiger partial charge in [-0.1, -0.05) is 44.5 Å². The number of nitrogens with zero attached hydrogens (tertiary/aromatic N) is 3. The molecule has 0 N–H and O–H groups in total. The summed E-state index contributed by atoms with van der Waals surface area (Å²) in [5.74, 6) is -1.25. The molecule has 3 aromatic rings. The maximum Gasteiger partial charge on any atom is 0.263 e. The van der Waals surface area contributed by atoms with Crippen LogP contribution in [0.4, 0.5) is 11.4 Å². The fourth-order valence-corrected chi connectivity index (χ4v) is 4.86. The van der Waals surface area contributed by atoms with Crippen LogP contribution in [0.5, 0.6) is 0 Å². The summed E-state index contributed by atoms with van der Waals surface area (Å²) in [5, 5.41) is 11.6. The molecule has 8 nitrogen and oxygen atoms in total. The maximum absolute atomic E-state index is 13.4. The van der Waals surface area contributed by atoms with Gasteiger partial charge in [0.25, 0.3) is 11.8 Å². The number of imide groups is 1. The second-order valence-corrected chi connectivity index (χ2v) is 10.4. The molecule has 0 fully saturated rings. The van der Waals surface area contributed by atoms with Crippen LogP contribution in [-0.2, 0) is 23.1 Å². The van der Waals surface area contributed by atoms with E-state index in [-0.39, 0.29) is 40.2 Å². The van der Waals surface area contributed by atoms with Gasteiger partial charge < -0.3 is 9.76 Å². The first-order chi connectivity index (χ1) is 16.5. The average molecular weight is 513 g/mol. The lowest BCUT2D eigenvalue weighted by atomic mass is 9.87. The van der Waals surface area contributed by atoms with E-state index in [4.69, 9.17) is 11.6 Å². The van der Waals surface area contributed by atoms with E-state index >= 15 is 0 Å². The van der Waals surface area contributed by atoms with Crippen molar-refractivity contribution >= 4 is 46.1 Å². The van der Waals surface area contributed by atoms with Crippen LogP contribution >= 0.6 is 11.6 Å². The van der Waals surface area contributed by atoms with Crippen molar-refractivity contribution in [1.82, 2.24) is 4.90 Å². The predicted molar refractivity (Wildman–Crippen MR) is 132 cm³/mol. The fraction of sp³-hybridized carbons (Fsp3) is 0.240. The Morgan fingerprint density at radius 1 is 1.03 bits per heavy atom. The second kappa shape index (κ2) is 9.41. The number of hydrogen-bond donors (Lipinski definition) is 0. The molecule has 0 spiro atoms. The topological polar surface area (TPSA) is 108 Å². The van der Waals surface area contributed by atoms with Gasteiger partial charge in [-0.3, -0.25) is 23.0 Å². The summed E-state index contributed by atoms with van der Waals surface area (Å²) >= 11 is 3.50. The Morgan fingerprint density at radius 2 is 1.69 bits per heavy atom. The molecule has 2 amide bonds. The third-order valence-corrected chi connectivity index (χ3v) is 6.87. The van der Waals surface area contributed by atoms with Crippen LogP contribution in [0.15, 0.2) is 60.9 Å². The average Bonchev–Trinajstić information content (AvgIpc) is 3.04. The van der Waals surface area contributed by atoms with Gasteiger partial charge in [0.15, 0.2) is 12.4 Å². The van der Waals surface area contributed by atoms with Crippen LogP contribution in [0.2, 0.25) is 5.02 Å². The summed E-state index contributed by atoms with van der Waals surface area (Å²) in [4.78, 5) is 27.5. The lowest BCUT2D eigenvalue weighted by Gasteiger charge is -2.29. The van der Waals surface area contributed by atoms with E-state index in [0.29, 0.717) is 16.0 Å². The molecule has 1 unspecified atom stereocenters. The van der Waals surface area contributed by atoms with Crippen LogP contribution in [-0.4, -0.2) is 32.0 Å². The molecule has 0 saturated heterocycles. The first-order valence-corrected chi connectivity index (χ1v) is 12.3. The van der Waals surface area contributed by atoms with Crippen molar-refractivity contribution in [3.63, 3.8) is 0 Å². The molecule has 0 bridgehead atoms. The van der Waals surface area contributed by atoms with Gasteiger partial charge in [0.1, 0.15) is 0 Å². The van der Waals surface area contributed by atoms with Gasteiger partial charge in [-0.05, 0) is 47.7 Å². The molecule has 4 rings (SSSR count). The number of carbonyl (C=O) groups excluding carboxylic acids is 2. The number of pyridine rings is 1. The minimum absolute atomic E-state index is 0.00682. The molecule has 0 radical (unpaired) electrons. The van der Waals surface area contributed by atoms with Gasteiger partial charge in [-0.2, -0.15) is 4.73 Å². The van der Waals surface area contributed by atoms with E-state index in [1.54, 1.807) is 24.3 Å². The molecule has 182 valence electrons. The molecule has 1 aliphatic heterocycles. The lowest BCUT2D eigenvalue weighted by molar-refractivity contribution is -0.605. The highest BCUT2D eigenvalue weighted by atomic mass is 35.5. The Labute approximate surface area is 210 Å². The number of rotatable bonds is 6. The number of benzene rings is 2. The summed E-state index contributed by atoms with van der Waals surface area (Å²) < 4.78 is 26.3. The highest BCUT2D eigenvalue weighted by molar-refractivity contribution is 7.81. The van der Waals surface area contributed by atoms with Crippen molar-refractivity contribution in [3.8, 4) is 0 Å². The van der Waals surface area contributed by atoms with Crippen LogP contribution in [0.3, 0.4) is 0 Å². The van der Waals surface area contributed by atoms with Crippen LogP contribution in [0.1, 0.15) is 52.6 Å². The van der Waals surface area contributed by atoms with Crippen molar-refractivity contribution in [2.24, 2.45) is 0 Å². The summed E-state index contributed by atoms with van der Waals surface area (Å²) in [6.07, 6.45) is 2.95. The fourth-order valence-electron chi connectivity index (χ4n) is 4.02. The van der Waals surface area contributed by atoms with Gasteiger partial charge >= 0.3 is 0 Å². The second-order valence-electron chi connectivity index (χ2n) is 9.21. The number of halogens is 1. The number of hydrogen-bond acceptors (Lipinski definition) is 5. The minimum Gasteiger partial charge on any atom is -0.755 e. The van der Waals surface area contributed by atoms with Crippen molar-refractivity contribution in [3.05, 3.63) is 93.4 Å². The molecular weight excluding hydrogens is 490 g/mol. The van der Waals surface area contributed by atoms with Crippen LogP contribution < -0.4 is 9.04 Å². The van der Waals surface area contributed by atoms with Crippen molar-refractivity contribution < 1.29 is 23.1 Å². The quantitative estimate of drug-likeness (QED) is 0.214. The third kappa shape index (κ3) is 4.80. The summed E-state index contributed by atoms with van der Waals surface area (Å²) in [6, 6.07) is 13.1. The zero-order valence-electron chi connectivity index (χ0n) is 19.4. The molecule has 10 heteroatoms. The van der Waals surface area contributed by atoms with Gasteiger partial charge in [-0.15, -0.1) is 0 Å². The number of aromatic nitrogens is 1. The predicted octanol–water partition coefficient (Wildman–Crippen LogP) is 4.04. The van der Waals surface area contributed by atoms with E-state index < -0.39 is 23.1 Å². The SMILES string of the molecule is CC(C)(C)c1ccc(N(c2ccc(Cl)c3c2C(=O)N(CCc2ccc[n+]([O-])c2)C3=O)S(=O)[O-])cc1. The normalized spacial score (nSPS) is 14.3. The zero-order valence-corrected chi connectivity index (χ0v) is 20.9. The van der Waals surface area contributed by atoms with Crippen molar-refractivity contribution in [1.29, 1.82) is 0 Å². The molecule has 2 heterocycles. The summed E-state index contributed by atoms with van der Waals surface area (Å²) in [5.41, 5.74) is 1.78. The Bertz CT molecular complexity index is 1340. The largest absolute Gasteiger partial charge is 0.755 e. The highest BCUT2D eigenvalue weighted by Crippen LogP contribution is 2.40. The molecule has 0 aliphatic carbocycles. The van der Waals surface area contributed by atoms with Crippen LogP contribution in [0, 0.1) is 5.21 Å². The Hall–Kier alpha value is -3.27. The number of carbonyl (C=O) groups is 2. The Morgan fingerprint density at radius 3 is 2.29 bits per heavy atom. The van der Waals surface area contributed by atoms with Gasteiger partial charge in [-0.25, -0.2) is 0 Å². The summed E-state index contributed by atoms with van der Waals surface area (Å²) in [7, 11) is 0. The third-order valence-electron chi connectivity index (χ3n) is 5.85. The molecule has 1 aliphatic rings. The Balaban J connectivity index is 1.72. The lowest BCUT2D eigenvalue weighted by Crippen LogP contribution is -2.33. The summed E-state index contributed by atoms with van der Waals surface area (Å²) in [6.45, 7) is 6.14. The van der Waals surface area contributed by atoms with Crippen LogP contribution in [0.25, 0.3) is 0 Å². The standard InChI is InChI=1S/C25H24ClN3O5S/c1-25(2,3)17-6-8-18(9-7-17)29(35(33)34)20-11-10-19(26)21-22(20)24(31)28(23(21)30)14-12-16-5-4-13-27(32)15-16/h4-11,13,15H,12,14H2,1-3H3,(H,33,34)/p-1. The van der Waals surface area contributed by atoms with Crippen molar-refractivity contribution in [2.75, 3.05) is 10.8 Å².